The highest BCUT2D eigenvalue weighted by Gasteiger charge is 2.10. The number of hydrogen-bond acceptors (Lipinski definition) is 5. The minimum Gasteiger partial charge on any atom is -0.488 e. The molecule has 0 aliphatic carbocycles. The molecule has 0 saturated heterocycles. The third kappa shape index (κ3) is 3.57. The fourth-order valence-electron chi connectivity index (χ4n) is 1.58. The van der Waals surface area contributed by atoms with E-state index in [4.69, 9.17) is 10.5 Å². The molecule has 0 amide bonds. The van der Waals surface area contributed by atoms with Crippen LogP contribution < -0.4 is 15.8 Å². The van der Waals surface area contributed by atoms with E-state index in [1.807, 2.05) is 13.8 Å². The number of nitrogen functional groups attached to an aromatic ring is 1. The lowest BCUT2D eigenvalue weighted by molar-refractivity contribution is 0.231. The number of aromatic nitrogens is 1. The summed E-state index contributed by atoms with van der Waals surface area (Å²) in [5, 5.41) is 3.15. The third-order valence-corrected chi connectivity index (χ3v) is 3.18. The van der Waals surface area contributed by atoms with E-state index < -0.39 is 5.82 Å². The summed E-state index contributed by atoms with van der Waals surface area (Å²) in [4.78, 5) is 5.07. The Morgan fingerprint density at radius 3 is 2.89 bits per heavy atom. The number of rotatable bonds is 5. The molecule has 1 aromatic heterocycles. The van der Waals surface area contributed by atoms with Crippen molar-refractivity contribution in [2.24, 2.45) is 0 Å². The summed E-state index contributed by atoms with van der Waals surface area (Å²) in [6.07, 6.45) is 1.69. The maximum atomic E-state index is 13.7. The van der Waals surface area contributed by atoms with Gasteiger partial charge in [0.2, 0.25) is 0 Å². The Labute approximate surface area is 115 Å². The molecule has 19 heavy (non-hydrogen) atoms. The quantitative estimate of drug-likeness (QED) is 0.826. The van der Waals surface area contributed by atoms with Crippen molar-refractivity contribution < 1.29 is 9.13 Å². The van der Waals surface area contributed by atoms with E-state index in [0.717, 1.165) is 4.88 Å². The number of hydrogen-bond donors (Lipinski definition) is 2. The van der Waals surface area contributed by atoms with Crippen LogP contribution in [0.25, 0.3) is 0 Å². The molecule has 1 aromatic carbocycles. The maximum Gasteiger partial charge on any atom is 0.167 e. The summed E-state index contributed by atoms with van der Waals surface area (Å²) in [6, 6.07) is 2.86. The Kier molecular flexibility index (Phi) is 4.21. The topological polar surface area (TPSA) is 60.2 Å². The smallest absolute Gasteiger partial charge is 0.167 e. The molecule has 4 nitrogen and oxygen atoms in total. The summed E-state index contributed by atoms with van der Waals surface area (Å²) < 4.78 is 19.1. The normalized spacial score (nSPS) is 10.7. The fourth-order valence-corrected chi connectivity index (χ4v) is 2.11. The first-order valence-electron chi connectivity index (χ1n) is 5.93. The zero-order valence-electron chi connectivity index (χ0n) is 10.8. The Hall–Kier alpha value is -1.82. The molecule has 1 heterocycles. The van der Waals surface area contributed by atoms with Crippen molar-refractivity contribution in [3.05, 3.63) is 34.5 Å². The Morgan fingerprint density at radius 2 is 2.26 bits per heavy atom. The van der Waals surface area contributed by atoms with Gasteiger partial charge in [-0.25, -0.2) is 4.39 Å². The van der Waals surface area contributed by atoms with Gasteiger partial charge >= 0.3 is 0 Å². The van der Waals surface area contributed by atoms with Crippen LogP contribution in [0, 0.1) is 5.82 Å². The molecule has 2 rings (SSSR count). The zero-order valence-corrected chi connectivity index (χ0v) is 11.6. The van der Waals surface area contributed by atoms with Crippen LogP contribution in [0.4, 0.5) is 15.8 Å². The van der Waals surface area contributed by atoms with E-state index in [0.29, 0.717) is 17.9 Å². The van der Waals surface area contributed by atoms with Crippen LogP contribution in [0.15, 0.2) is 23.8 Å². The summed E-state index contributed by atoms with van der Waals surface area (Å²) >= 11 is 1.55. The number of nitrogens with one attached hydrogen (secondary N) is 1. The van der Waals surface area contributed by atoms with Crippen molar-refractivity contribution in [2.75, 3.05) is 11.1 Å². The molecule has 0 spiro atoms. The van der Waals surface area contributed by atoms with Crippen molar-refractivity contribution in [3.8, 4) is 5.75 Å². The average Bonchev–Trinajstić information content (AvgIpc) is 2.83. The van der Waals surface area contributed by atoms with Gasteiger partial charge in [0.25, 0.3) is 0 Å². The lowest BCUT2D eigenvalue weighted by Crippen LogP contribution is -2.09. The first-order chi connectivity index (χ1) is 9.06. The number of nitrogens with two attached hydrogens (primary N) is 1. The highest BCUT2D eigenvalue weighted by atomic mass is 32.1. The van der Waals surface area contributed by atoms with E-state index in [-0.39, 0.29) is 11.9 Å². The summed E-state index contributed by atoms with van der Waals surface area (Å²) in [5.41, 5.74) is 8.57. The molecule has 2 aromatic rings. The lowest BCUT2D eigenvalue weighted by Gasteiger charge is -2.14. The Bertz CT molecular complexity index is 543. The second kappa shape index (κ2) is 5.88. The van der Waals surface area contributed by atoms with Gasteiger partial charge in [0.15, 0.2) is 11.6 Å². The molecule has 3 N–H and O–H groups in total. The van der Waals surface area contributed by atoms with E-state index in [1.54, 1.807) is 29.1 Å². The van der Waals surface area contributed by atoms with E-state index in [2.05, 4.69) is 10.3 Å². The maximum absolute atomic E-state index is 13.7. The van der Waals surface area contributed by atoms with Crippen LogP contribution >= 0.6 is 11.3 Å². The highest BCUT2D eigenvalue weighted by Crippen LogP contribution is 2.29. The van der Waals surface area contributed by atoms with Gasteiger partial charge in [-0.2, -0.15) is 0 Å². The number of thiazole rings is 1. The van der Waals surface area contributed by atoms with Gasteiger partial charge in [0, 0.05) is 23.2 Å². The van der Waals surface area contributed by atoms with Crippen molar-refractivity contribution in [3.63, 3.8) is 0 Å². The number of halogens is 1. The lowest BCUT2D eigenvalue weighted by atomic mass is 10.2. The second-order valence-electron chi connectivity index (χ2n) is 4.36. The highest BCUT2D eigenvalue weighted by molar-refractivity contribution is 7.09. The molecule has 102 valence electrons. The van der Waals surface area contributed by atoms with E-state index in [9.17, 15) is 4.39 Å². The molecule has 0 saturated carbocycles. The van der Waals surface area contributed by atoms with Gasteiger partial charge in [-0.15, -0.1) is 11.3 Å². The molecule has 0 radical (unpaired) electrons. The molecule has 0 aliphatic rings. The summed E-state index contributed by atoms with van der Waals surface area (Å²) in [6.45, 7) is 4.29. The molecule has 0 bridgehead atoms. The van der Waals surface area contributed by atoms with Gasteiger partial charge < -0.3 is 15.8 Å². The van der Waals surface area contributed by atoms with Gasteiger partial charge in [-0.1, -0.05) is 0 Å². The van der Waals surface area contributed by atoms with Gasteiger partial charge in [0.05, 0.1) is 29.5 Å². The molecule has 0 atom stereocenters. The van der Waals surface area contributed by atoms with Crippen molar-refractivity contribution >= 4 is 22.7 Å². The van der Waals surface area contributed by atoms with Gasteiger partial charge in [0.1, 0.15) is 0 Å². The summed E-state index contributed by atoms with van der Waals surface area (Å²) in [7, 11) is 0. The first-order valence-corrected chi connectivity index (χ1v) is 6.81. The largest absolute Gasteiger partial charge is 0.488 e. The van der Waals surface area contributed by atoms with Crippen LogP contribution in [0.5, 0.6) is 5.75 Å². The standard InChI is InChI=1S/C13H16FN3OS/c1-8(2)18-13-4-12(11(15)3-10(13)14)17-6-9-5-16-7-19-9/h3-5,7-8,17H,6,15H2,1-2H3. The third-order valence-electron chi connectivity index (χ3n) is 2.40. The number of nitrogens with zero attached hydrogens (tertiary/aromatic N) is 1. The van der Waals surface area contributed by atoms with Gasteiger partial charge in [-0.3, -0.25) is 4.98 Å². The molecule has 6 heteroatoms. The molecule has 0 unspecified atom stereocenters. The van der Waals surface area contributed by atoms with Crippen molar-refractivity contribution in [1.82, 2.24) is 4.98 Å². The monoisotopic (exact) mass is 281 g/mol. The van der Waals surface area contributed by atoms with Crippen LogP contribution in [0.3, 0.4) is 0 Å². The van der Waals surface area contributed by atoms with Gasteiger partial charge in [-0.05, 0) is 13.8 Å². The van der Waals surface area contributed by atoms with Crippen LogP contribution in [-0.2, 0) is 6.54 Å². The minimum absolute atomic E-state index is 0.0903. The zero-order chi connectivity index (χ0) is 13.8. The Morgan fingerprint density at radius 1 is 1.47 bits per heavy atom. The van der Waals surface area contributed by atoms with Crippen LogP contribution in [0.2, 0.25) is 0 Å². The van der Waals surface area contributed by atoms with Crippen molar-refractivity contribution in [1.29, 1.82) is 0 Å². The van der Waals surface area contributed by atoms with E-state index >= 15 is 0 Å². The molecule has 0 fully saturated rings. The number of anilines is 2. The second-order valence-corrected chi connectivity index (χ2v) is 5.33. The average molecular weight is 281 g/mol. The SMILES string of the molecule is CC(C)Oc1cc(NCc2cncs2)c(N)cc1F. The predicted octanol–water partition coefficient (Wildman–Crippen LogP) is 3.26. The molecular formula is C13H16FN3OS. The number of ether oxygens (including phenoxy) is 1. The molecular weight excluding hydrogens is 265 g/mol. The van der Waals surface area contributed by atoms with Crippen molar-refractivity contribution in [2.45, 2.75) is 26.5 Å². The predicted molar refractivity (Wildman–Crippen MR) is 76.0 cm³/mol. The first kappa shape index (κ1) is 13.6. The van der Waals surface area contributed by atoms with Crippen LogP contribution in [-0.4, -0.2) is 11.1 Å². The van der Waals surface area contributed by atoms with Crippen LogP contribution in [0.1, 0.15) is 18.7 Å². The summed E-state index contributed by atoms with van der Waals surface area (Å²) in [5.74, 6) is -0.245. The number of benzene rings is 1. The van der Waals surface area contributed by atoms with E-state index in [1.165, 1.54) is 6.07 Å². The fraction of sp³-hybridized carbons (Fsp3) is 0.308. The minimum atomic E-state index is -0.449. The Balaban J connectivity index is 2.15. The molecule has 0 aliphatic heterocycles.